The molecule has 1 saturated heterocycles. The maximum atomic E-state index is 12.4. The standard InChI is InChI=1S/C11H15N3O3S/c12-9-4-1-2-5-10(9)18(16,17)14-7-3-6-13-11(15)8-14/h1-2,4-5H,3,6-8,12H2,(H,13,15). The van der Waals surface area contributed by atoms with Gasteiger partial charge >= 0.3 is 0 Å². The zero-order valence-corrected chi connectivity index (χ0v) is 10.6. The largest absolute Gasteiger partial charge is 0.398 e. The number of rotatable bonds is 2. The molecule has 0 atom stereocenters. The van der Waals surface area contributed by atoms with Crippen molar-refractivity contribution in [3.8, 4) is 0 Å². The van der Waals surface area contributed by atoms with E-state index in [9.17, 15) is 13.2 Å². The SMILES string of the molecule is Nc1ccccc1S(=O)(=O)N1CCCNC(=O)C1. The third-order valence-corrected chi connectivity index (χ3v) is 4.68. The molecule has 0 radical (unpaired) electrons. The highest BCUT2D eigenvalue weighted by atomic mass is 32.2. The lowest BCUT2D eigenvalue weighted by Gasteiger charge is -2.19. The van der Waals surface area contributed by atoms with Gasteiger partial charge in [0.05, 0.1) is 12.2 Å². The average Bonchev–Trinajstić information content (AvgIpc) is 2.54. The van der Waals surface area contributed by atoms with E-state index in [2.05, 4.69) is 5.32 Å². The second-order valence-electron chi connectivity index (χ2n) is 4.08. The minimum atomic E-state index is -3.70. The van der Waals surface area contributed by atoms with Gasteiger partial charge in [-0.2, -0.15) is 4.31 Å². The van der Waals surface area contributed by atoms with Crippen LogP contribution in [0, 0.1) is 0 Å². The van der Waals surface area contributed by atoms with Gasteiger partial charge < -0.3 is 11.1 Å². The summed E-state index contributed by atoms with van der Waals surface area (Å²) in [5.74, 6) is -0.287. The van der Waals surface area contributed by atoms with Gasteiger partial charge in [0.2, 0.25) is 15.9 Å². The summed E-state index contributed by atoms with van der Waals surface area (Å²) in [6, 6.07) is 6.27. The number of nitrogen functional groups attached to an aromatic ring is 1. The zero-order valence-electron chi connectivity index (χ0n) is 9.80. The number of para-hydroxylation sites is 1. The molecule has 6 nitrogen and oxygen atoms in total. The number of carbonyl (C=O) groups excluding carboxylic acids is 1. The summed E-state index contributed by atoms with van der Waals surface area (Å²) in [6.07, 6.45) is 0.595. The Morgan fingerprint density at radius 2 is 2.00 bits per heavy atom. The van der Waals surface area contributed by atoms with Crippen LogP contribution in [0.25, 0.3) is 0 Å². The Kier molecular flexibility index (Phi) is 3.53. The Morgan fingerprint density at radius 3 is 2.72 bits per heavy atom. The van der Waals surface area contributed by atoms with Crippen molar-refractivity contribution in [3.63, 3.8) is 0 Å². The quantitative estimate of drug-likeness (QED) is 0.726. The van der Waals surface area contributed by atoms with E-state index in [1.54, 1.807) is 12.1 Å². The molecule has 0 saturated carbocycles. The molecule has 0 aromatic heterocycles. The minimum Gasteiger partial charge on any atom is -0.398 e. The van der Waals surface area contributed by atoms with Gasteiger partial charge in [0.15, 0.2) is 0 Å². The summed E-state index contributed by atoms with van der Waals surface area (Å²) in [4.78, 5) is 11.5. The second kappa shape index (κ2) is 4.95. The normalized spacial score (nSPS) is 18.1. The highest BCUT2D eigenvalue weighted by Gasteiger charge is 2.29. The molecular formula is C11H15N3O3S. The molecule has 2 rings (SSSR count). The lowest BCUT2D eigenvalue weighted by molar-refractivity contribution is -0.120. The smallest absolute Gasteiger partial charge is 0.245 e. The van der Waals surface area contributed by atoms with Crippen molar-refractivity contribution in [2.75, 3.05) is 25.4 Å². The number of amides is 1. The van der Waals surface area contributed by atoms with Crippen molar-refractivity contribution in [2.45, 2.75) is 11.3 Å². The van der Waals surface area contributed by atoms with Crippen molar-refractivity contribution >= 4 is 21.6 Å². The molecule has 1 aromatic rings. The number of hydrogen-bond acceptors (Lipinski definition) is 4. The second-order valence-corrected chi connectivity index (χ2v) is 5.99. The van der Waals surface area contributed by atoms with Gasteiger partial charge in [-0.3, -0.25) is 4.79 Å². The van der Waals surface area contributed by atoms with E-state index in [-0.39, 0.29) is 23.0 Å². The first-order chi connectivity index (χ1) is 8.51. The van der Waals surface area contributed by atoms with Gasteiger partial charge in [-0.15, -0.1) is 0 Å². The maximum absolute atomic E-state index is 12.4. The van der Waals surface area contributed by atoms with Crippen molar-refractivity contribution in [2.24, 2.45) is 0 Å². The van der Waals surface area contributed by atoms with Crippen LogP contribution >= 0.6 is 0 Å². The molecule has 98 valence electrons. The molecule has 0 unspecified atom stereocenters. The van der Waals surface area contributed by atoms with Crippen LogP contribution in [0.1, 0.15) is 6.42 Å². The highest BCUT2D eigenvalue weighted by Crippen LogP contribution is 2.22. The predicted octanol–water partition coefficient (Wildman–Crippen LogP) is -0.221. The summed E-state index contributed by atoms with van der Waals surface area (Å²) in [5, 5.41) is 2.64. The number of nitrogens with one attached hydrogen (secondary N) is 1. The Hall–Kier alpha value is -1.60. The monoisotopic (exact) mass is 269 g/mol. The minimum absolute atomic E-state index is 0.0553. The summed E-state index contributed by atoms with van der Waals surface area (Å²) in [6.45, 7) is 0.654. The van der Waals surface area contributed by atoms with Crippen LogP contribution in [0.4, 0.5) is 5.69 Å². The Morgan fingerprint density at radius 1 is 1.28 bits per heavy atom. The lowest BCUT2D eigenvalue weighted by atomic mass is 10.3. The van der Waals surface area contributed by atoms with E-state index in [0.29, 0.717) is 19.5 Å². The first-order valence-corrected chi connectivity index (χ1v) is 7.07. The zero-order chi connectivity index (χ0) is 13.2. The molecule has 3 N–H and O–H groups in total. The molecule has 0 aliphatic carbocycles. The fourth-order valence-electron chi connectivity index (χ4n) is 1.84. The summed E-state index contributed by atoms with van der Waals surface area (Å²) in [5.41, 5.74) is 5.88. The fraction of sp³-hybridized carbons (Fsp3) is 0.364. The molecule has 18 heavy (non-hydrogen) atoms. The van der Waals surface area contributed by atoms with Crippen LogP contribution in [-0.4, -0.2) is 38.3 Å². The molecule has 1 aliphatic heterocycles. The van der Waals surface area contributed by atoms with Crippen molar-refractivity contribution in [1.29, 1.82) is 0 Å². The van der Waals surface area contributed by atoms with Crippen LogP contribution in [0.3, 0.4) is 0 Å². The van der Waals surface area contributed by atoms with Crippen molar-refractivity contribution in [1.82, 2.24) is 9.62 Å². The molecule has 0 bridgehead atoms. The number of sulfonamides is 1. The molecule has 7 heteroatoms. The number of benzene rings is 1. The molecule has 1 aliphatic rings. The molecule has 1 amide bonds. The van der Waals surface area contributed by atoms with E-state index >= 15 is 0 Å². The predicted molar refractivity (Wildman–Crippen MR) is 67.2 cm³/mol. The maximum Gasteiger partial charge on any atom is 0.245 e. The summed E-state index contributed by atoms with van der Waals surface area (Å²) < 4.78 is 25.9. The number of anilines is 1. The third kappa shape index (κ3) is 2.46. The van der Waals surface area contributed by atoms with E-state index in [1.165, 1.54) is 16.4 Å². The van der Waals surface area contributed by atoms with Gasteiger partial charge in [0.1, 0.15) is 4.90 Å². The summed E-state index contributed by atoms with van der Waals surface area (Å²) in [7, 11) is -3.70. The fourth-order valence-corrected chi connectivity index (χ4v) is 3.39. The Balaban J connectivity index is 2.36. The number of nitrogens with two attached hydrogens (primary N) is 1. The van der Waals surface area contributed by atoms with Gasteiger partial charge in [-0.05, 0) is 18.6 Å². The molecule has 0 spiro atoms. The van der Waals surface area contributed by atoms with Crippen molar-refractivity contribution < 1.29 is 13.2 Å². The van der Waals surface area contributed by atoms with Crippen molar-refractivity contribution in [3.05, 3.63) is 24.3 Å². The Labute approximate surface area is 106 Å². The van der Waals surface area contributed by atoms with Crippen LogP contribution in [0.5, 0.6) is 0 Å². The van der Waals surface area contributed by atoms with Gasteiger partial charge in [-0.1, -0.05) is 12.1 Å². The van der Waals surface area contributed by atoms with Crippen LogP contribution in [0.15, 0.2) is 29.2 Å². The van der Waals surface area contributed by atoms with E-state index in [4.69, 9.17) is 5.73 Å². The van der Waals surface area contributed by atoms with E-state index < -0.39 is 10.0 Å². The number of carbonyl (C=O) groups is 1. The van der Waals surface area contributed by atoms with Crippen LogP contribution in [-0.2, 0) is 14.8 Å². The topological polar surface area (TPSA) is 92.5 Å². The van der Waals surface area contributed by atoms with E-state index in [0.717, 1.165) is 0 Å². The molecule has 1 aromatic carbocycles. The Bertz CT molecular complexity index is 556. The molecule has 1 heterocycles. The van der Waals surface area contributed by atoms with Gasteiger partial charge in [0.25, 0.3) is 0 Å². The highest BCUT2D eigenvalue weighted by molar-refractivity contribution is 7.89. The van der Waals surface area contributed by atoms with Gasteiger partial charge in [-0.25, -0.2) is 8.42 Å². The van der Waals surface area contributed by atoms with E-state index in [1.807, 2.05) is 0 Å². The molecule has 1 fully saturated rings. The third-order valence-electron chi connectivity index (χ3n) is 2.76. The first kappa shape index (κ1) is 12.8. The van der Waals surface area contributed by atoms with Gasteiger partial charge in [0, 0.05) is 13.1 Å². The number of hydrogen-bond donors (Lipinski definition) is 2. The van der Waals surface area contributed by atoms with Crippen LogP contribution < -0.4 is 11.1 Å². The lowest BCUT2D eigenvalue weighted by Crippen LogP contribution is -2.37. The number of nitrogens with zero attached hydrogens (tertiary/aromatic N) is 1. The average molecular weight is 269 g/mol. The molecular weight excluding hydrogens is 254 g/mol. The first-order valence-electron chi connectivity index (χ1n) is 5.63. The van der Waals surface area contributed by atoms with Crippen LogP contribution in [0.2, 0.25) is 0 Å². The summed E-state index contributed by atoms with van der Waals surface area (Å²) >= 11 is 0.